The van der Waals surface area contributed by atoms with Gasteiger partial charge >= 0.3 is 0 Å². The van der Waals surface area contributed by atoms with Crippen molar-refractivity contribution < 1.29 is 9.13 Å². The van der Waals surface area contributed by atoms with E-state index in [4.69, 9.17) is 10.5 Å². The summed E-state index contributed by atoms with van der Waals surface area (Å²) in [6.45, 7) is 4.62. The number of rotatable bonds is 3. The van der Waals surface area contributed by atoms with E-state index in [1.165, 1.54) is 6.07 Å². The molecule has 1 aliphatic heterocycles. The predicted octanol–water partition coefficient (Wildman–Crippen LogP) is 2.31. The van der Waals surface area contributed by atoms with Gasteiger partial charge in [0, 0.05) is 29.2 Å². The SMILES string of the molecule is CC1COCCN1C(CN)c1cc(Br)ccc1F. The van der Waals surface area contributed by atoms with Crippen molar-refractivity contribution in [3.05, 3.63) is 34.1 Å². The van der Waals surface area contributed by atoms with E-state index >= 15 is 0 Å². The third-order valence-electron chi connectivity index (χ3n) is 3.36. The maximum Gasteiger partial charge on any atom is 0.128 e. The molecule has 0 amide bonds. The molecule has 5 heteroatoms. The zero-order valence-corrected chi connectivity index (χ0v) is 12.0. The van der Waals surface area contributed by atoms with E-state index in [2.05, 4.69) is 27.8 Å². The van der Waals surface area contributed by atoms with Crippen LogP contribution in [0.15, 0.2) is 22.7 Å². The number of morpholine rings is 1. The normalized spacial score (nSPS) is 23.0. The summed E-state index contributed by atoms with van der Waals surface area (Å²) < 4.78 is 20.2. The van der Waals surface area contributed by atoms with E-state index in [0.29, 0.717) is 25.3 Å². The van der Waals surface area contributed by atoms with E-state index in [1.807, 2.05) is 6.07 Å². The number of benzene rings is 1. The van der Waals surface area contributed by atoms with Gasteiger partial charge in [-0.2, -0.15) is 0 Å². The summed E-state index contributed by atoms with van der Waals surface area (Å²) in [7, 11) is 0. The maximum atomic E-state index is 14.0. The van der Waals surface area contributed by atoms with Crippen molar-refractivity contribution in [2.75, 3.05) is 26.3 Å². The molecule has 100 valence electrons. The minimum atomic E-state index is -0.202. The molecule has 1 fully saturated rings. The maximum absolute atomic E-state index is 14.0. The van der Waals surface area contributed by atoms with Crippen LogP contribution in [-0.2, 0) is 4.74 Å². The molecule has 0 spiro atoms. The molecular formula is C13H18BrFN2O. The highest BCUT2D eigenvalue weighted by Gasteiger charge is 2.28. The van der Waals surface area contributed by atoms with Crippen molar-refractivity contribution in [3.8, 4) is 0 Å². The number of hydrogen-bond donors (Lipinski definition) is 1. The minimum absolute atomic E-state index is 0.0959. The number of ether oxygens (including phenoxy) is 1. The quantitative estimate of drug-likeness (QED) is 0.930. The lowest BCUT2D eigenvalue weighted by Crippen LogP contribution is -2.47. The van der Waals surface area contributed by atoms with Gasteiger partial charge < -0.3 is 10.5 Å². The summed E-state index contributed by atoms with van der Waals surface area (Å²) in [6.07, 6.45) is 0. The van der Waals surface area contributed by atoms with E-state index in [0.717, 1.165) is 11.0 Å². The Kier molecular flexibility index (Phi) is 4.72. The second-order valence-corrected chi connectivity index (χ2v) is 5.49. The predicted molar refractivity (Wildman–Crippen MR) is 72.9 cm³/mol. The van der Waals surface area contributed by atoms with Crippen LogP contribution in [0.3, 0.4) is 0 Å². The molecule has 2 atom stereocenters. The Labute approximate surface area is 115 Å². The van der Waals surface area contributed by atoms with Gasteiger partial charge in [-0.1, -0.05) is 15.9 Å². The number of hydrogen-bond acceptors (Lipinski definition) is 3. The lowest BCUT2D eigenvalue weighted by Gasteiger charge is -2.39. The average molecular weight is 317 g/mol. The van der Waals surface area contributed by atoms with E-state index in [-0.39, 0.29) is 17.9 Å². The van der Waals surface area contributed by atoms with Crippen LogP contribution in [-0.4, -0.2) is 37.2 Å². The molecule has 0 aromatic heterocycles. The molecule has 0 radical (unpaired) electrons. The summed E-state index contributed by atoms with van der Waals surface area (Å²) in [5.41, 5.74) is 6.51. The molecule has 1 aromatic carbocycles. The Balaban J connectivity index is 2.29. The van der Waals surface area contributed by atoms with Gasteiger partial charge in [-0.15, -0.1) is 0 Å². The topological polar surface area (TPSA) is 38.5 Å². The monoisotopic (exact) mass is 316 g/mol. The van der Waals surface area contributed by atoms with E-state index in [1.54, 1.807) is 6.07 Å². The van der Waals surface area contributed by atoms with Crippen LogP contribution < -0.4 is 5.73 Å². The summed E-state index contributed by atoms with van der Waals surface area (Å²) >= 11 is 3.38. The highest BCUT2D eigenvalue weighted by Crippen LogP contribution is 2.28. The van der Waals surface area contributed by atoms with Crippen LogP contribution in [0.2, 0.25) is 0 Å². The third kappa shape index (κ3) is 2.91. The van der Waals surface area contributed by atoms with Gasteiger partial charge in [0.25, 0.3) is 0 Å². The van der Waals surface area contributed by atoms with Crippen LogP contribution >= 0.6 is 15.9 Å². The third-order valence-corrected chi connectivity index (χ3v) is 3.85. The fourth-order valence-electron chi connectivity index (χ4n) is 2.41. The molecule has 1 aliphatic rings. The molecule has 1 saturated heterocycles. The summed E-state index contributed by atoms with van der Waals surface area (Å²) in [5.74, 6) is -0.202. The fraction of sp³-hybridized carbons (Fsp3) is 0.538. The molecule has 0 bridgehead atoms. The molecule has 1 heterocycles. The Bertz CT molecular complexity index is 416. The molecule has 1 aromatic rings. The van der Waals surface area contributed by atoms with Crippen molar-refractivity contribution in [1.82, 2.24) is 4.90 Å². The molecule has 3 nitrogen and oxygen atoms in total. The van der Waals surface area contributed by atoms with Gasteiger partial charge in [0.2, 0.25) is 0 Å². The second kappa shape index (κ2) is 6.10. The van der Waals surface area contributed by atoms with Gasteiger partial charge in [0.15, 0.2) is 0 Å². The minimum Gasteiger partial charge on any atom is -0.379 e. The zero-order valence-electron chi connectivity index (χ0n) is 10.4. The molecule has 2 unspecified atom stereocenters. The van der Waals surface area contributed by atoms with Gasteiger partial charge in [0.1, 0.15) is 5.82 Å². The smallest absolute Gasteiger partial charge is 0.128 e. The van der Waals surface area contributed by atoms with E-state index in [9.17, 15) is 4.39 Å². The van der Waals surface area contributed by atoms with Gasteiger partial charge in [-0.05, 0) is 25.1 Å². The van der Waals surface area contributed by atoms with Crippen molar-refractivity contribution in [2.45, 2.75) is 19.0 Å². The van der Waals surface area contributed by atoms with Crippen LogP contribution in [0, 0.1) is 5.82 Å². The molecule has 2 N–H and O–H groups in total. The first kappa shape index (κ1) is 13.9. The van der Waals surface area contributed by atoms with Gasteiger partial charge in [-0.3, -0.25) is 4.90 Å². The van der Waals surface area contributed by atoms with Crippen molar-refractivity contribution in [1.29, 1.82) is 0 Å². The summed E-state index contributed by atoms with van der Waals surface area (Å²) in [5, 5.41) is 0. The van der Waals surface area contributed by atoms with Crippen LogP contribution in [0.4, 0.5) is 4.39 Å². The van der Waals surface area contributed by atoms with Gasteiger partial charge in [-0.25, -0.2) is 4.39 Å². The van der Waals surface area contributed by atoms with E-state index < -0.39 is 0 Å². The van der Waals surface area contributed by atoms with Crippen LogP contribution in [0.25, 0.3) is 0 Å². The molecular weight excluding hydrogens is 299 g/mol. The first-order valence-electron chi connectivity index (χ1n) is 6.12. The van der Waals surface area contributed by atoms with Crippen LogP contribution in [0.1, 0.15) is 18.5 Å². The summed E-state index contributed by atoms with van der Waals surface area (Å²) in [6, 6.07) is 5.16. The molecule has 18 heavy (non-hydrogen) atoms. The largest absolute Gasteiger partial charge is 0.379 e. The number of nitrogens with zero attached hydrogens (tertiary/aromatic N) is 1. The van der Waals surface area contributed by atoms with Gasteiger partial charge in [0.05, 0.1) is 19.3 Å². The highest BCUT2D eigenvalue weighted by atomic mass is 79.9. The Hall–Kier alpha value is -0.490. The van der Waals surface area contributed by atoms with Crippen LogP contribution in [0.5, 0.6) is 0 Å². The van der Waals surface area contributed by atoms with Crippen molar-refractivity contribution in [3.63, 3.8) is 0 Å². The standard InChI is InChI=1S/C13H18BrFN2O/c1-9-8-18-5-4-17(9)13(7-16)11-6-10(14)2-3-12(11)15/h2-3,6,9,13H,4-5,7-8,16H2,1H3. The Morgan fingerprint density at radius 2 is 2.39 bits per heavy atom. The lowest BCUT2D eigenvalue weighted by molar-refractivity contribution is -0.0215. The van der Waals surface area contributed by atoms with Crippen molar-refractivity contribution >= 4 is 15.9 Å². The average Bonchev–Trinajstić information content (AvgIpc) is 2.36. The Morgan fingerprint density at radius 3 is 3.06 bits per heavy atom. The lowest BCUT2D eigenvalue weighted by atomic mass is 10.0. The summed E-state index contributed by atoms with van der Waals surface area (Å²) in [4.78, 5) is 2.22. The molecule has 0 aliphatic carbocycles. The highest BCUT2D eigenvalue weighted by molar-refractivity contribution is 9.10. The zero-order chi connectivity index (χ0) is 13.1. The first-order chi connectivity index (χ1) is 8.63. The number of nitrogens with two attached hydrogens (primary N) is 1. The first-order valence-corrected chi connectivity index (χ1v) is 6.91. The number of halogens is 2. The molecule has 2 rings (SSSR count). The molecule has 0 saturated carbocycles. The fourth-order valence-corrected chi connectivity index (χ4v) is 2.79. The second-order valence-electron chi connectivity index (χ2n) is 4.58. The van der Waals surface area contributed by atoms with Crippen molar-refractivity contribution in [2.24, 2.45) is 5.73 Å². The Morgan fingerprint density at radius 1 is 1.61 bits per heavy atom.